The van der Waals surface area contributed by atoms with Crippen LogP contribution in [-0.2, 0) is 4.79 Å². The third kappa shape index (κ3) is 4.49. The number of nitrogens with one attached hydrogen (secondary N) is 1. The predicted molar refractivity (Wildman–Crippen MR) is 92.8 cm³/mol. The molecule has 2 amide bonds. The highest BCUT2D eigenvalue weighted by molar-refractivity contribution is 5.96. The minimum absolute atomic E-state index is 0.0315. The molecule has 27 heavy (non-hydrogen) atoms. The standard InChI is InChI=1S/C18H19FN4O4/c19-14-3-1-2-12(8-14)17(25)20-10-16(24)22-6-4-15(5-7-22)23-11-13(9-21-23)18(26)27/h1-3,8-9,11,15H,4-7,10H2,(H,20,25)(H,26,27). The normalized spacial score (nSPS) is 14.8. The summed E-state index contributed by atoms with van der Waals surface area (Å²) in [6.45, 7) is 0.814. The lowest BCUT2D eigenvalue weighted by Crippen LogP contribution is -2.44. The first-order valence-electron chi connectivity index (χ1n) is 8.53. The number of likely N-dealkylation sites (tertiary alicyclic amines) is 1. The van der Waals surface area contributed by atoms with Crippen LogP contribution in [0.15, 0.2) is 36.7 Å². The third-order valence-electron chi connectivity index (χ3n) is 4.53. The van der Waals surface area contributed by atoms with Crippen molar-refractivity contribution in [3.05, 3.63) is 53.6 Å². The van der Waals surface area contributed by atoms with Gasteiger partial charge in [-0.05, 0) is 31.0 Å². The molecule has 1 aromatic heterocycles. The number of hydrogen-bond acceptors (Lipinski definition) is 4. The van der Waals surface area contributed by atoms with Crippen molar-refractivity contribution in [2.45, 2.75) is 18.9 Å². The van der Waals surface area contributed by atoms with Crippen molar-refractivity contribution in [1.82, 2.24) is 20.0 Å². The summed E-state index contributed by atoms with van der Waals surface area (Å²) in [4.78, 5) is 36.8. The first-order chi connectivity index (χ1) is 12.9. The number of carbonyl (C=O) groups excluding carboxylic acids is 2. The molecular weight excluding hydrogens is 355 g/mol. The molecule has 1 aliphatic rings. The van der Waals surface area contributed by atoms with E-state index >= 15 is 0 Å². The zero-order valence-corrected chi connectivity index (χ0v) is 14.5. The van der Waals surface area contributed by atoms with Crippen LogP contribution in [0.25, 0.3) is 0 Å². The molecule has 1 aliphatic heterocycles. The second-order valence-corrected chi connectivity index (χ2v) is 6.32. The third-order valence-corrected chi connectivity index (χ3v) is 4.53. The van der Waals surface area contributed by atoms with Gasteiger partial charge in [0.05, 0.1) is 24.3 Å². The van der Waals surface area contributed by atoms with E-state index in [1.165, 1.54) is 30.6 Å². The fourth-order valence-corrected chi connectivity index (χ4v) is 3.03. The van der Waals surface area contributed by atoms with Crippen molar-refractivity contribution in [2.24, 2.45) is 0 Å². The Bertz CT molecular complexity index is 859. The average Bonchev–Trinajstić information content (AvgIpc) is 3.16. The van der Waals surface area contributed by atoms with E-state index < -0.39 is 17.7 Å². The lowest BCUT2D eigenvalue weighted by Gasteiger charge is -2.32. The summed E-state index contributed by atoms with van der Waals surface area (Å²) in [6.07, 6.45) is 4.08. The van der Waals surface area contributed by atoms with E-state index in [0.717, 1.165) is 6.07 Å². The highest BCUT2D eigenvalue weighted by Gasteiger charge is 2.25. The molecule has 3 rings (SSSR count). The van der Waals surface area contributed by atoms with Crippen LogP contribution >= 0.6 is 0 Å². The number of halogens is 1. The summed E-state index contributed by atoms with van der Waals surface area (Å²) in [5.74, 6) is -2.26. The number of piperidine rings is 1. The van der Waals surface area contributed by atoms with Crippen LogP contribution in [0.4, 0.5) is 4.39 Å². The van der Waals surface area contributed by atoms with E-state index in [9.17, 15) is 18.8 Å². The van der Waals surface area contributed by atoms with Crippen molar-refractivity contribution in [3.8, 4) is 0 Å². The Morgan fingerprint density at radius 1 is 1.22 bits per heavy atom. The highest BCUT2D eigenvalue weighted by Crippen LogP contribution is 2.22. The second-order valence-electron chi connectivity index (χ2n) is 6.32. The second kappa shape index (κ2) is 7.98. The Hall–Kier alpha value is -3.23. The Morgan fingerprint density at radius 3 is 2.59 bits per heavy atom. The maximum Gasteiger partial charge on any atom is 0.338 e. The summed E-state index contributed by atoms with van der Waals surface area (Å²) >= 11 is 0. The molecule has 0 saturated carbocycles. The zero-order chi connectivity index (χ0) is 19.4. The van der Waals surface area contributed by atoms with Gasteiger partial charge in [-0.15, -0.1) is 0 Å². The quantitative estimate of drug-likeness (QED) is 0.821. The molecule has 0 atom stereocenters. The molecule has 1 aromatic carbocycles. The van der Waals surface area contributed by atoms with Crippen LogP contribution in [0.2, 0.25) is 0 Å². The number of aromatic carboxylic acids is 1. The van der Waals surface area contributed by atoms with Crippen LogP contribution in [0.3, 0.4) is 0 Å². The van der Waals surface area contributed by atoms with Gasteiger partial charge in [-0.25, -0.2) is 9.18 Å². The van der Waals surface area contributed by atoms with E-state index in [-0.39, 0.29) is 29.6 Å². The topological polar surface area (TPSA) is 105 Å². The van der Waals surface area contributed by atoms with E-state index in [0.29, 0.717) is 25.9 Å². The zero-order valence-electron chi connectivity index (χ0n) is 14.5. The number of carboxylic acid groups (broad SMARTS) is 1. The van der Waals surface area contributed by atoms with Gasteiger partial charge >= 0.3 is 5.97 Å². The first-order valence-corrected chi connectivity index (χ1v) is 8.53. The van der Waals surface area contributed by atoms with Crippen molar-refractivity contribution < 1.29 is 23.9 Å². The molecule has 0 spiro atoms. The number of amides is 2. The molecule has 1 saturated heterocycles. The van der Waals surface area contributed by atoms with Gasteiger partial charge in [-0.3, -0.25) is 14.3 Å². The Kier molecular flexibility index (Phi) is 5.49. The van der Waals surface area contributed by atoms with Crippen molar-refractivity contribution in [3.63, 3.8) is 0 Å². The number of nitrogens with zero attached hydrogens (tertiary/aromatic N) is 3. The van der Waals surface area contributed by atoms with Crippen molar-refractivity contribution in [1.29, 1.82) is 0 Å². The number of carbonyl (C=O) groups is 3. The molecule has 9 heteroatoms. The Balaban J connectivity index is 1.48. The van der Waals surface area contributed by atoms with Gasteiger partial charge in [0, 0.05) is 24.8 Å². The minimum Gasteiger partial charge on any atom is -0.478 e. The lowest BCUT2D eigenvalue weighted by molar-refractivity contribution is -0.131. The fraction of sp³-hybridized carbons (Fsp3) is 0.333. The number of benzene rings is 1. The molecule has 1 fully saturated rings. The van der Waals surface area contributed by atoms with Gasteiger partial charge in [0.1, 0.15) is 5.82 Å². The van der Waals surface area contributed by atoms with Crippen LogP contribution in [0, 0.1) is 5.82 Å². The van der Waals surface area contributed by atoms with Gasteiger partial charge in [0.15, 0.2) is 0 Å². The largest absolute Gasteiger partial charge is 0.478 e. The van der Waals surface area contributed by atoms with E-state index in [4.69, 9.17) is 5.11 Å². The molecule has 0 radical (unpaired) electrons. The number of carboxylic acids is 1. The maximum absolute atomic E-state index is 13.1. The van der Waals surface area contributed by atoms with Gasteiger partial charge in [-0.1, -0.05) is 6.07 Å². The van der Waals surface area contributed by atoms with Crippen molar-refractivity contribution in [2.75, 3.05) is 19.6 Å². The molecule has 142 valence electrons. The van der Waals surface area contributed by atoms with Crippen LogP contribution in [-0.4, -0.2) is 57.2 Å². The summed E-state index contributed by atoms with van der Waals surface area (Å²) in [5, 5.41) is 15.5. The number of rotatable bonds is 5. The maximum atomic E-state index is 13.1. The van der Waals surface area contributed by atoms with Gasteiger partial charge < -0.3 is 15.3 Å². The van der Waals surface area contributed by atoms with E-state index in [2.05, 4.69) is 10.4 Å². The lowest BCUT2D eigenvalue weighted by atomic mass is 10.1. The monoisotopic (exact) mass is 374 g/mol. The minimum atomic E-state index is -1.03. The molecule has 2 heterocycles. The molecule has 0 aliphatic carbocycles. The summed E-state index contributed by atoms with van der Waals surface area (Å²) in [7, 11) is 0. The van der Waals surface area contributed by atoms with E-state index in [1.54, 1.807) is 9.58 Å². The fourth-order valence-electron chi connectivity index (χ4n) is 3.03. The summed E-state index contributed by atoms with van der Waals surface area (Å²) in [5.41, 5.74) is 0.294. The Labute approximate surface area is 154 Å². The highest BCUT2D eigenvalue weighted by atomic mass is 19.1. The molecule has 8 nitrogen and oxygen atoms in total. The van der Waals surface area contributed by atoms with Crippen LogP contribution in [0.5, 0.6) is 0 Å². The average molecular weight is 374 g/mol. The van der Waals surface area contributed by atoms with E-state index in [1.807, 2.05) is 0 Å². The van der Waals surface area contributed by atoms with Gasteiger partial charge in [-0.2, -0.15) is 5.10 Å². The number of hydrogen-bond donors (Lipinski definition) is 2. The molecule has 2 N–H and O–H groups in total. The SMILES string of the molecule is O=C(O)c1cnn(C2CCN(C(=O)CNC(=O)c3cccc(F)c3)CC2)c1. The van der Waals surface area contributed by atoms with Crippen molar-refractivity contribution >= 4 is 17.8 Å². The Morgan fingerprint density at radius 2 is 1.96 bits per heavy atom. The summed E-state index contributed by atoms with van der Waals surface area (Å²) in [6, 6.07) is 5.29. The first kappa shape index (κ1) is 18.6. The molecular formula is C18H19FN4O4. The molecule has 0 unspecified atom stereocenters. The van der Waals surface area contributed by atoms with Gasteiger partial charge in [0.25, 0.3) is 5.91 Å². The smallest absolute Gasteiger partial charge is 0.338 e. The van der Waals surface area contributed by atoms with Gasteiger partial charge in [0.2, 0.25) is 5.91 Å². The van der Waals surface area contributed by atoms with Crippen LogP contribution < -0.4 is 5.32 Å². The molecule has 2 aromatic rings. The summed E-state index contributed by atoms with van der Waals surface area (Å²) < 4.78 is 14.8. The number of aromatic nitrogens is 2. The molecule has 0 bridgehead atoms. The van der Waals surface area contributed by atoms with Crippen LogP contribution in [0.1, 0.15) is 39.6 Å². The predicted octanol–water partition coefficient (Wildman–Crippen LogP) is 1.31.